The minimum atomic E-state index is 0.447. The van der Waals surface area contributed by atoms with Gasteiger partial charge in [-0.15, -0.1) is 0 Å². The Kier molecular flexibility index (Phi) is 2.42. The molecule has 3 heteroatoms. The smallest absolute Gasteiger partial charge is 0.229 e. The van der Waals surface area contributed by atoms with Crippen molar-refractivity contribution in [3.8, 4) is 0 Å². The highest BCUT2D eigenvalue weighted by Gasteiger charge is 2.11. The molecule has 0 amide bonds. The number of hydrogen-bond acceptors (Lipinski definition) is 3. The van der Waals surface area contributed by atoms with E-state index in [1.165, 1.54) is 6.33 Å². The molecule has 1 rings (SSSR count). The molecule has 3 nitrogen and oxygen atoms in total. The van der Waals surface area contributed by atoms with Crippen LogP contribution in [0.1, 0.15) is 38.5 Å². The third-order valence-electron chi connectivity index (χ3n) is 1.71. The van der Waals surface area contributed by atoms with Crippen LogP contribution in [-0.4, -0.2) is 10.1 Å². The van der Waals surface area contributed by atoms with E-state index in [0.29, 0.717) is 5.92 Å². The van der Waals surface area contributed by atoms with Crippen LogP contribution in [-0.2, 0) is 0 Å². The number of aromatic nitrogens is 2. The Morgan fingerprint density at radius 3 is 2.60 bits per heavy atom. The molecular formula is C7H12N2O. The molecule has 0 saturated carbocycles. The molecule has 10 heavy (non-hydrogen) atoms. The van der Waals surface area contributed by atoms with Crippen molar-refractivity contribution in [3.63, 3.8) is 0 Å². The maximum Gasteiger partial charge on any atom is 0.229 e. The number of nitrogens with zero attached hydrogens (tertiary/aromatic N) is 2. The van der Waals surface area contributed by atoms with Crippen LogP contribution in [0.4, 0.5) is 0 Å². The van der Waals surface area contributed by atoms with Gasteiger partial charge < -0.3 is 4.52 Å². The van der Waals surface area contributed by atoms with Crippen LogP contribution >= 0.6 is 0 Å². The minimum absolute atomic E-state index is 0.447. The lowest BCUT2D eigenvalue weighted by molar-refractivity contribution is 0.345. The summed E-state index contributed by atoms with van der Waals surface area (Å²) >= 11 is 0. The second kappa shape index (κ2) is 3.34. The first-order chi connectivity index (χ1) is 4.88. The van der Waals surface area contributed by atoms with Gasteiger partial charge in [-0.1, -0.05) is 19.0 Å². The van der Waals surface area contributed by atoms with E-state index >= 15 is 0 Å². The fraction of sp³-hybridized carbons (Fsp3) is 0.714. The van der Waals surface area contributed by atoms with Crippen molar-refractivity contribution in [3.05, 3.63) is 12.2 Å². The Balaban J connectivity index is 2.64. The standard InChI is InChI=1S/C7H12N2O/c1-3-6(4-2)7-8-5-9-10-7/h5-6H,3-4H2,1-2H3. The average molecular weight is 140 g/mol. The van der Waals surface area contributed by atoms with Crippen molar-refractivity contribution in [1.82, 2.24) is 10.1 Å². The molecular weight excluding hydrogens is 128 g/mol. The van der Waals surface area contributed by atoms with Gasteiger partial charge in [-0.2, -0.15) is 4.98 Å². The largest absolute Gasteiger partial charge is 0.339 e. The van der Waals surface area contributed by atoms with E-state index in [1.807, 2.05) is 0 Å². The summed E-state index contributed by atoms with van der Waals surface area (Å²) in [6, 6.07) is 0. The minimum Gasteiger partial charge on any atom is -0.339 e. The summed E-state index contributed by atoms with van der Waals surface area (Å²) < 4.78 is 4.92. The van der Waals surface area contributed by atoms with E-state index in [-0.39, 0.29) is 0 Å². The lowest BCUT2D eigenvalue weighted by atomic mass is 10.0. The average Bonchev–Trinajstić information content (AvgIpc) is 2.43. The maximum atomic E-state index is 4.92. The molecule has 0 unspecified atom stereocenters. The summed E-state index contributed by atoms with van der Waals surface area (Å²) in [5, 5.41) is 3.55. The maximum absolute atomic E-state index is 4.92. The van der Waals surface area contributed by atoms with E-state index in [2.05, 4.69) is 24.0 Å². The second-order valence-electron chi connectivity index (χ2n) is 2.29. The van der Waals surface area contributed by atoms with Crippen LogP contribution in [0.2, 0.25) is 0 Å². The molecule has 0 aliphatic carbocycles. The lowest BCUT2D eigenvalue weighted by Gasteiger charge is -2.03. The van der Waals surface area contributed by atoms with Crippen LogP contribution in [0, 0.1) is 0 Å². The topological polar surface area (TPSA) is 38.9 Å². The molecule has 1 aromatic heterocycles. The summed E-state index contributed by atoms with van der Waals surface area (Å²) in [4.78, 5) is 3.98. The van der Waals surface area contributed by atoms with Crippen LogP contribution in [0.25, 0.3) is 0 Å². The van der Waals surface area contributed by atoms with Crippen LogP contribution in [0.15, 0.2) is 10.9 Å². The first kappa shape index (κ1) is 7.25. The van der Waals surface area contributed by atoms with Gasteiger partial charge in [-0.25, -0.2) is 0 Å². The predicted octanol–water partition coefficient (Wildman–Crippen LogP) is 1.97. The third kappa shape index (κ3) is 1.35. The molecule has 1 heterocycles. The van der Waals surface area contributed by atoms with Crippen molar-refractivity contribution in [2.45, 2.75) is 32.6 Å². The van der Waals surface area contributed by atoms with Crippen LogP contribution < -0.4 is 0 Å². The van der Waals surface area contributed by atoms with Crippen LogP contribution in [0.5, 0.6) is 0 Å². The Morgan fingerprint density at radius 2 is 2.20 bits per heavy atom. The zero-order valence-electron chi connectivity index (χ0n) is 6.37. The molecule has 0 saturated heterocycles. The molecule has 0 atom stereocenters. The van der Waals surface area contributed by atoms with Gasteiger partial charge in [-0.05, 0) is 12.8 Å². The third-order valence-corrected chi connectivity index (χ3v) is 1.71. The van der Waals surface area contributed by atoms with Crippen molar-refractivity contribution in [2.75, 3.05) is 0 Å². The number of hydrogen-bond donors (Lipinski definition) is 0. The Labute approximate surface area is 60.4 Å². The summed E-state index contributed by atoms with van der Waals surface area (Å²) in [6.07, 6.45) is 3.59. The molecule has 0 fully saturated rings. The molecule has 0 aliphatic heterocycles. The Bertz CT molecular complexity index is 168. The summed E-state index contributed by atoms with van der Waals surface area (Å²) in [6.45, 7) is 4.25. The zero-order valence-corrected chi connectivity index (χ0v) is 6.37. The quantitative estimate of drug-likeness (QED) is 0.644. The van der Waals surface area contributed by atoms with E-state index in [1.54, 1.807) is 0 Å². The monoisotopic (exact) mass is 140 g/mol. The highest BCUT2D eigenvalue weighted by Crippen LogP contribution is 2.19. The van der Waals surface area contributed by atoms with E-state index in [9.17, 15) is 0 Å². The van der Waals surface area contributed by atoms with Crippen molar-refractivity contribution >= 4 is 0 Å². The van der Waals surface area contributed by atoms with Crippen molar-refractivity contribution in [2.24, 2.45) is 0 Å². The first-order valence-corrected chi connectivity index (χ1v) is 3.65. The van der Waals surface area contributed by atoms with Gasteiger partial charge in [0.25, 0.3) is 0 Å². The van der Waals surface area contributed by atoms with Gasteiger partial charge in [0.2, 0.25) is 5.89 Å². The summed E-state index contributed by atoms with van der Waals surface area (Å²) in [5.41, 5.74) is 0. The van der Waals surface area contributed by atoms with Crippen LogP contribution in [0.3, 0.4) is 0 Å². The van der Waals surface area contributed by atoms with Gasteiger partial charge in [0.1, 0.15) is 0 Å². The molecule has 0 aliphatic rings. The van der Waals surface area contributed by atoms with E-state index in [0.717, 1.165) is 18.7 Å². The summed E-state index contributed by atoms with van der Waals surface area (Å²) in [5.74, 6) is 1.22. The molecule has 1 aromatic rings. The fourth-order valence-corrected chi connectivity index (χ4v) is 0.999. The normalized spacial score (nSPS) is 10.7. The second-order valence-corrected chi connectivity index (χ2v) is 2.29. The van der Waals surface area contributed by atoms with Gasteiger partial charge in [0.15, 0.2) is 6.33 Å². The zero-order chi connectivity index (χ0) is 7.40. The predicted molar refractivity (Wildman–Crippen MR) is 37.6 cm³/mol. The molecule has 0 radical (unpaired) electrons. The Morgan fingerprint density at radius 1 is 1.50 bits per heavy atom. The molecule has 56 valence electrons. The van der Waals surface area contributed by atoms with Crippen molar-refractivity contribution < 1.29 is 4.52 Å². The molecule has 0 bridgehead atoms. The molecule has 0 spiro atoms. The van der Waals surface area contributed by atoms with E-state index < -0.39 is 0 Å². The molecule has 0 N–H and O–H groups in total. The van der Waals surface area contributed by atoms with E-state index in [4.69, 9.17) is 4.52 Å². The fourth-order valence-electron chi connectivity index (χ4n) is 0.999. The van der Waals surface area contributed by atoms with Gasteiger partial charge in [-0.3, -0.25) is 0 Å². The lowest BCUT2D eigenvalue weighted by Crippen LogP contribution is -1.94. The van der Waals surface area contributed by atoms with Gasteiger partial charge in [0.05, 0.1) is 0 Å². The highest BCUT2D eigenvalue weighted by molar-refractivity contribution is 4.86. The first-order valence-electron chi connectivity index (χ1n) is 3.65. The number of rotatable bonds is 3. The highest BCUT2D eigenvalue weighted by atomic mass is 16.5. The van der Waals surface area contributed by atoms with Gasteiger partial charge in [0, 0.05) is 5.92 Å². The SMILES string of the molecule is CCC(CC)c1ncno1. The summed E-state index contributed by atoms with van der Waals surface area (Å²) in [7, 11) is 0. The Hall–Kier alpha value is -0.860. The van der Waals surface area contributed by atoms with Crippen molar-refractivity contribution in [1.29, 1.82) is 0 Å². The molecule has 0 aromatic carbocycles. The van der Waals surface area contributed by atoms with Gasteiger partial charge >= 0.3 is 0 Å².